The van der Waals surface area contributed by atoms with Crippen molar-refractivity contribution >= 4 is 44.0 Å². The van der Waals surface area contributed by atoms with Crippen LogP contribution in [0.5, 0.6) is 17.2 Å². The Kier molecular flexibility index (Phi) is 9.03. The van der Waals surface area contributed by atoms with Crippen molar-refractivity contribution in [3.8, 4) is 29.6 Å². The summed E-state index contributed by atoms with van der Waals surface area (Å²) < 4.78 is 18.0. The molecule has 0 aliphatic rings. The van der Waals surface area contributed by atoms with Gasteiger partial charge in [0, 0.05) is 15.6 Å². The second kappa shape index (κ2) is 11.5. The van der Waals surface area contributed by atoms with E-state index in [9.17, 15) is 4.79 Å². The van der Waals surface area contributed by atoms with E-state index in [0.717, 1.165) is 10.9 Å². The summed E-state index contributed by atoms with van der Waals surface area (Å²) in [7, 11) is 1.52. The fourth-order valence-electron chi connectivity index (χ4n) is 2.31. The highest BCUT2D eigenvalue weighted by molar-refractivity contribution is 9.11. The molecule has 0 atom stereocenters. The summed E-state index contributed by atoms with van der Waals surface area (Å²) in [6.45, 7) is 2.69. The molecule has 6 nitrogen and oxygen atoms in total. The average molecular weight is 524 g/mol. The summed E-state index contributed by atoms with van der Waals surface area (Å²) in [4.78, 5) is 12.4. The van der Waals surface area contributed by atoms with Crippen LogP contribution in [0.15, 0.2) is 44.4 Å². The maximum absolute atomic E-state index is 12.4. The second-order valence-electron chi connectivity index (χ2n) is 5.71. The van der Waals surface area contributed by atoms with E-state index in [2.05, 4.69) is 48.3 Å². The van der Waals surface area contributed by atoms with Crippen molar-refractivity contribution in [1.29, 1.82) is 0 Å². The Morgan fingerprint density at radius 3 is 2.72 bits per heavy atom. The van der Waals surface area contributed by atoms with Gasteiger partial charge in [0.05, 0.1) is 24.4 Å². The van der Waals surface area contributed by atoms with E-state index in [1.54, 1.807) is 24.3 Å². The van der Waals surface area contributed by atoms with Crippen molar-refractivity contribution < 1.29 is 19.0 Å². The Hall–Kier alpha value is -2.50. The van der Waals surface area contributed by atoms with E-state index in [-0.39, 0.29) is 12.5 Å². The van der Waals surface area contributed by atoms with Crippen molar-refractivity contribution in [2.24, 2.45) is 5.10 Å². The molecule has 29 heavy (non-hydrogen) atoms. The molecule has 0 saturated carbocycles. The van der Waals surface area contributed by atoms with Gasteiger partial charge in [-0.2, -0.15) is 5.10 Å². The zero-order valence-electron chi connectivity index (χ0n) is 16.0. The van der Waals surface area contributed by atoms with Gasteiger partial charge in [-0.1, -0.05) is 28.8 Å². The van der Waals surface area contributed by atoms with Gasteiger partial charge in [-0.15, -0.1) is 6.42 Å². The first kappa shape index (κ1) is 22.8. The largest absolute Gasteiger partial charge is 0.493 e. The van der Waals surface area contributed by atoms with Crippen LogP contribution in [0.3, 0.4) is 0 Å². The lowest BCUT2D eigenvalue weighted by Crippen LogP contribution is -2.17. The zero-order chi connectivity index (χ0) is 21.2. The number of amides is 1. The molecule has 0 spiro atoms. The van der Waals surface area contributed by atoms with Crippen molar-refractivity contribution in [2.75, 3.05) is 20.3 Å². The van der Waals surface area contributed by atoms with Crippen LogP contribution in [-0.4, -0.2) is 32.4 Å². The number of carbonyl (C=O) groups is 1. The third-order valence-corrected chi connectivity index (χ3v) is 4.64. The van der Waals surface area contributed by atoms with Gasteiger partial charge in [-0.3, -0.25) is 4.79 Å². The zero-order valence-corrected chi connectivity index (χ0v) is 19.2. The lowest BCUT2D eigenvalue weighted by molar-refractivity contribution is 0.0954. The smallest absolute Gasteiger partial charge is 0.271 e. The first-order chi connectivity index (χ1) is 14.0. The molecule has 1 amide bonds. The summed E-state index contributed by atoms with van der Waals surface area (Å²) in [5.41, 5.74) is 3.52. The molecule has 0 unspecified atom stereocenters. The van der Waals surface area contributed by atoms with E-state index in [1.165, 1.54) is 13.3 Å². The fourth-order valence-corrected chi connectivity index (χ4v) is 3.68. The number of hydrogen-bond acceptors (Lipinski definition) is 5. The third kappa shape index (κ3) is 6.51. The van der Waals surface area contributed by atoms with E-state index in [0.29, 0.717) is 39.5 Å². The maximum Gasteiger partial charge on any atom is 0.271 e. The second-order valence-corrected chi connectivity index (χ2v) is 7.48. The van der Waals surface area contributed by atoms with Crippen LogP contribution < -0.4 is 19.6 Å². The topological polar surface area (TPSA) is 69.2 Å². The van der Waals surface area contributed by atoms with Crippen LogP contribution in [0.1, 0.15) is 29.3 Å². The molecule has 0 aromatic heterocycles. The SMILES string of the molecule is C#CCOc1c(Br)cc(Br)cc1/C=N/NC(=O)c1ccc(OCCC)c(OC)c1. The molecule has 0 aliphatic carbocycles. The Balaban J connectivity index is 2.15. The number of halogens is 2. The molecule has 152 valence electrons. The molecule has 0 radical (unpaired) electrons. The Morgan fingerprint density at radius 2 is 2.03 bits per heavy atom. The van der Waals surface area contributed by atoms with Gasteiger partial charge in [0.15, 0.2) is 11.5 Å². The summed E-state index contributed by atoms with van der Waals surface area (Å²) in [5, 5.41) is 4.03. The summed E-state index contributed by atoms with van der Waals surface area (Å²) in [6, 6.07) is 8.58. The quantitative estimate of drug-likeness (QED) is 0.291. The molecule has 2 aromatic carbocycles. The van der Waals surface area contributed by atoms with Crippen molar-refractivity contribution in [3.63, 3.8) is 0 Å². The number of terminal acetylenes is 1. The van der Waals surface area contributed by atoms with Crippen LogP contribution in [0.25, 0.3) is 0 Å². The van der Waals surface area contributed by atoms with Gasteiger partial charge in [-0.25, -0.2) is 5.43 Å². The van der Waals surface area contributed by atoms with E-state index < -0.39 is 0 Å². The predicted octanol–water partition coefficient (Wildman–Crippen LogP) is 4.78. The third-order valence-electron chi connectivity index (χ3n) is 3.59. The molecule has 2 aromatic rings. The van der Waals surface area contributed by atoms with Crippen LogP contribution in [0.4, 0.5) is 0 Å². The van der Waals surface area contributed by atoms with Crippen molar-refractivity contribution in [2.45, 2.75) is 13.3 Å². The standard InChI is InChI=1S/C21H20Br2N2O4/c1-4-8-28-18-7-6-14(11-19(18)27-3)21(26)25-24-13-15-10-16(22)12-17(23)20(15)29-9-5-2/h2,6-7,10-13H,4,8-9H2,1,3H3,(H,25,26)/b24-13+. The molecule has 0 heterocycles. The minimum atomic E-state index is -0.387. The van der Waals surface area contributed by atoms with E-state index in [1.807, 2.05) is 13.0 Å². The Labute approximate surface area is 186 Å². The van der Waals surface area contributed by atoms with Crippen LogP contribution in [0.2, 0.25) is 0 Å². The van der Waals surface area contributed by atoms with Gasteiger partial charge in [0.25, 0.3) is 5.91 Å². The first-order valence-electron chi connectivity index (χ1n) is 8.69. The maximum atomic E-state index is 12.4. The molecule has 0 fully saturated rings. The number of hydrazone groups is 1. The summed E-state index contributed by atoms with van der Waals surface area (Å²) >= 11 is 6.84. The minimum absolute atomic E-state index is 0.111. The normalized spacial score (nSPS) is 10.4. The number of carbonyl (C=O) groups excluding carboxylic acids is 1. The first-order valence-corrected chi connectivity index (χ1v) is 10.3. The summed E-state index contributed by atoms with van der Waals surface area (Å²) in [5.74, 6) is 3.63. The van der Waals surface area contributed by atoms with Gasteiger partial charge in [0.1, 0.15) is 12.4 Å². The van der Waals surface area contributed by atoms with E-state index in [4.69, 9.17) is 20.6 Å². The number of ether oxygens (including phenoxy) is 3. The molecule has 0 aliphatic heterocycles. The van der Waals surface area contributed by atoms with Crippen molar-refractivity contribution in [3.05, 3.63) is 50.4 Å². The van der Waals surface area contributed by atoms with Gasteiger partial charge in [-0.05, 0) is 52.7 Å². The number of hydrogen-bond donors (Lipinski definition) is 1. The fraction of sp³-hybridized carbons (Fsp3) is 0.238. The summed E-state index contributed by atoms with van der Waals surface area (Å²) in [6.07, 6.45) is 7.62. The van der Waals surface area contributed by atoms with Crippen LogP contribution >= 0.6 is 31.9 Å². The molecule has 1 N–H and O–H groups in total. The molecule has 2 rings (SSSR count). The molecular formula is C21H20Br2N2O4. The number of nitrogens with one attached hydrogen (secondary N) is 1. The van der Waals surface area contributed by atoms with E-state index >= 15 is 0 Å². The highest BCUT2D eigenvalue weighted by atomic mass is 79.9. The van der Waals surface area contributed by atoms with Gasteiger partial charge >= 0.3 is 0 Å². The highest BCUT2D eigenvalue weighted by Gasteiger charge is 2.12. The predicted molar refractivity (Wildman–Crippen MR) is 120 cm³/mol. The molecular weight excluding hydrogens is 504 g/mol. The van der Waals surface area contributed by atoms with Crippen LogP contribution in [-0.2, 0) is 0 Å². The Bertz CT molecular complexity index is 939. The monoisotopic (exact) mass is 522 g/mol. The average Bonchev–Trinajstić information content (AvgIpc) is 2.71. The molecule has 0 saturated heterocycles. The number of benzene rings is 2. The van der Waals surface area contributed by atoms with Gasteiger partial charge in [0.2, 0.25) is 0 Å². The van der Waals surface area contributed by atoms with Gasteiger partial charge < -0.3 is 14.2 Å². The number of nitrogens with zero attached hydrogens (tertiary/aromatic N) is 1. The molecule has 8 heteroatoms. The highest BCUT2D eigenvalue weighted by Crippen LogP contribution is 2.32. The molecule has 0 bridgehead atoms. The number of rotatable bonds is 9. The number of methoxy groups -OCH3 is 1. The lowest BCUT2D eigenvalue weighted by Gasteiger charge is -2.11. The van der Waals surface area contributed by atoms with Crippen molar-refractivity contribution in [1.82, 2.24) is 5.43 Å². The van der Waals surface area contributed by atoms with Crippen LogP contribution in [0, 0.1) is 12.3 Å². The minimum Gasteiger partial charge on any atom is -0.493 e. The lowest BCUT2D eigenvalue weighted by atomic mass is 10.2. The Morgan fingerprint density at radius 1 is 1.24 bits per heavy atom.